The van der Waals surface area contributed by atoms with Crippen LogP contribution in [0.1, 0.15) is 46.9 Å². The number of hydrogen-bond acceptors (Lipinski definition) is 4. The Labute approximate surface area is 150 Å². The number of piperidine rings is 1. The third-order valence-electron chi connectivity index (χ3n) is 5.34. The molecule has 1 atom stereocenters. The Morgan fingerprint density at radius 2 is 1.96 bits per heavy atom. The predicted octanol–water partition coefficient (Wildman–Crippen LogP) is 3.16. The van der Waals surface area contributed by atoms with Crippen molar-refractivity contribution in [3.8, 4) is 0 Å². The smallest absolute Gasteiger partial charge is 0.280 e. The topological polar surface area (TPSA) is 58.1 Å². The second-order valence-corrected chi connectivity index (χ2v) is 6.80. The SMILES string of the molecule is O=C(c1cc(C(F)F)ncn1)N1CC(C2CCNCC2)c2ccccc21. The first-order valence-electron chi connectivity index (χ1n) is 8.86. The molecule has 0 radical (unpaired) electrons. The normalized spacial score (nSPS) is 20.4. The maximum Gasteiger partial charge on any atom is 0.280 e. The van der Waals surface area contributed by atoms with Crippen LogP contribution in [0.4, 0.5) is 14.5 Å². The molecular formula is C19H20F2N4O. The fourth-order valence-electron chi connectivity index (χ4n) is 4.03. The van der Waals surface area contributed by atoms with Crippen molar-refractivity contribution in [2.24, 2.45) is 5.92 Å². The fourth-order valence-corrected chi connectivity index (χ4v) is 4.03. The van der Waals surface area contributed by atoms with Crippen LogP contribution in [0, 0.1) is 5.92 Å². The van der Waals surface area contributed by atoms with E-state index in [2.05, 4.69) is 21.4 Å². The van der Waals surface area contributed by atoms with E-state index >= 15 is 0 Å². The van der Waals surface area contributed by atoms with Gasteiger partial charge in [0.2, 0.25) is 0 Å². The van der Waals surface area contributed by atoms with Crippen LogP contribution in [0.25, 0.3) is 0 Å². The molecule has 4 rings (SSSR count). The highest BCUT2D eigenvalue weighted by atomic mass is 19.3. The van der Waals surface area contributed by atoms with E-state index in [1.54, 1.807) is 4.90 Å². The van der Waals surface area contributed by atoms with Gasteiger partial charge in [0.1, 0.15) is 17.7 Å². The van der Waals surface area contributed by atoms with E-state index < -0.39 is 12.1 Å². The molecule has 1 aromatic carbocycles. The van der Waals surface area contributed by atoms with Gasteiger partial charge in [0.25, 0.3) is 12.3 Å². The van der Waals surface area contributed by atoms with Crippen LogP contribution in [-0.2, 0) is 0 Å². The standard InChI is InChI=1S/C19H20F2N4O/c20-18(21)15-9-16(24-11-23-15)19(26)25-10-14(12-5-7-22-8-6-12)13-3-1-2-4-17(13)25/h1-4,9,11-12,14,18,22H,5-8,10H2. The van der Waals surface area contributed by atoms with Crippen LogP contribution < -0.4 is 10.2 Å². The number of rotatable bonds is 3. The van der Waals surface area contributed by atoms with Gasteiger partial charge in [0.05, 0.1) is 0 Å². The monoisotopic (exact) mass is 358 g/mol. The van der Waals surface area contributed by atoms with E-state index in [9.17, 15) is 13.6 Å². The van der Waals surface area contributed by atoms with Crippen molar-refractivity contribution in [2.45, 2.75) is 25.2 Å². The molecule has 1 aromatic heterocycles. The number of amides is 1. The summed E-state index contributed by atoms with van der Waals surface area (Å²) in [4.78, 5) is 22.1. The van der Waals surface area contributed by atoms with E-state index in [4.69, 9.17) is 0 Å². The Balaban J connectivity index is 1.64. The van der Waals surface area contributed by atoms with Gasteiger partial charge in [-0.15, -0.1) is 0 Å². The number of carbonyl (C=O) groups is 1. The second-order valence-electron chi connectivity index (χ2n) is 6.80. The predicted molar refractivity (Wildman–Crippen MR) is 93.4 cm³/mol. The number of fused-ring (bicyclic) bond motifs is 1. The quantitative estimate of drug-likeness (QED) is 0.916. The molecule has 0 spiro atoms. The molecule has 1 amide bonds. The van der Waals surface area contributed by atoms with Gasteiger partial charge in [-0.1, -0.05) is 18.2 Å². The van der Waals surface area contributed by atoms with Crippen LogP contribution >= 0.6 is 0 Å². The third kappa shape index (κ3) is 3.07. The first kappa shape index (κ1) is 17.0. The average molecular weight is 358 g/mol. The van der Waals surface area contributed by atoms with Gasteiger partial charge in [-0.05, 0) is 49.5 Å². The highest BCUT2D eigenvalue weighted by Crippen LogP contribution is 2.43. The molecule has 1 fully saturated rings. The zero-order chi connectivity index (χ0) is 18.1. The molecule has 136 valence electrons. The Hall–Kier alpha value is -2.41. The number of anilines is 1. The molecule has 0 aliphatic carbocycles. The largest absolute Gasteiger partial charge is 0.317 e. The number of hydrogen-bond donors (Lipinski definition) is 1. The van der Waals surface area contributed by atoms with E-state index in [0.717, 1.165) is 49.6 Å². The summed E-state index contributed by atoms with van der Waals surface area (Å²) in [6.45, 7) is 2.54. The average Bonchev–Trinajstić information content (AvgIpc) is 3.08. The molecule has 5 nitrogen and oxygen atoms in total. The van der Waals surface area contributed by atoms with E-state index in [1.807, 2.05) is 18.2 Å². The Bertz CT molecular complexity index is 808. The lowest BCUT2D eigenvalue weighted by Gasteiger charge is -2.28. The summed E-state index contributed by atoms with van der Waals surface area (Å²) in [5, 5.41) is 3.37. The van der Waals surface area contributed by atoms with Crippen LogP contribution in [0.2, 0.25) is 0 Å². The molecule has 2 aliphatic rings. The van der Waals surface area contributed by atoms with Crippen LogP contribution in [0.15, 0.2) is 36.7 Å². The van der Waals surface area contributed by atoms with Crippen LogP contribution in [0.5, 0.6) is 0 Å². The number of alkyl halides is 2. The Morgan fingerprint density at radius 1 is 1.19 bits per heavy atom. The number of aromatic nitrogens is 2. The van der Waals surface area contributed by atoms with Crippen molar-refractivity contribution in [1.82, 2.24) is 15.3 Å². The van der Waals surface area contributed by atoms with Gasteiger partial charge in [-0.25, -0.2) is 18.7 Å². The molecule has 0 bridgehead atoms. The molecule has 3 heterocycles. The molecule has 2 aliphatic heterocycles. The van der Waals surface area contributed by atoms with Crippen molar-refractivity contribution in [2.75, 3.05) is 24.5 Å². The minimum atomic E-state index is -2.72. The summed E-state index contributed by atoms with van der Waals surface area (Å²) in [6.07, 6.45) is 0.452. The molecule has 0 saturated carbocycles. The van der Waals surface area contributed by atoms with E-state index in [1.165, 1.54) is 0 Å². The summed E-state index contributed by atoms with van der Waals surface area (Å²) in [7, 11) is 0. The van der Waals surface area contributed by atoms with E-state index in [0.29, 0.717) is 12.5 Å². The molecule has 26 heavy (non-hydrogen) atoms. The Kier molecular flexibility index (Phi) is 4.63. The first-order valence-corrected chi connectivity index (χ1v) is 8.86. The van der Waals surface area contributed by atoms with Crippen molar-refractivity contribution in [1.29, 1.82) is 0 Å². The van der Waals surface area contributed by atoms with Gasteiger partial charge in [0.15, 0.2) is 0 Å². The minimum Gasteiger partial charge on any atom is -0.317 e. The number of carbonyl (C=O) groups excluding carboxylic acids is 1. The van der Waals surface area contributed by atoms with Crippen molar-refractivity contribution >= 4 is 11.6 Å². The lowest BCUT2D eigenvalue weighted by Crippen LogP contribution is -2.35. The molecule has 7 heteroatoms. The van der Waals surface area contributed by atoms with Crippen LogP contribution in [-0.4, -0.2) is 35.5 Å². The highest BCUT2D eigenvalue weighted by Gasteiger charge is 2.37. The second kappa shape index (κ2) is 7.07. The van der Waals surface area contributed by atoms with Gasteiger partial charge in [-0.2, -0.15) is 0 Å². The molecule has 1 N–H and O–H groups in total. The van der Waals surface area contributed by atoms with Crippen molar-refractivity contribution in [3.63, 3.8) is 0 Å². The summed E-state index contributed by atoms with van der Waals surface area (Å²) >= 11 is 0. The van der Waals surface area contributed by atoms with E-state index in [-0.39, 0.29) is 17.5 Å². The highest BCUT2D eigenvalue weighted by molar-refractivity contribution is 6.06. The van der Waals surface area contributed by atoms with Crippen LogP contribution in [0.3, 0.4) is 0 Å². The molecule has 1 unspecified atom stereocenters. The minimum absolute atomic E-state index is 0.0102. The zero-order valence-electron chi connectivity index (χ0n) is 14.2. The third-order valence-corrected chi connectivity index (χ3v) is 5.34. The number of nitrogens with zero attached hydrogens (tertiary/aromatic N) is 3. The number of para-hydroxylation sites is 1. The number of benzene rings is 1. The van der Waals surface area contributed by atoms with Gasteiger partial charge < -0.3 is 10.2 Å². The number of halogens is 2. The van der Waals surface area contributed by atoms with Gasteiger partial charge in [-0.3, -0.25) is 4.79 Å². The van der Waals surface area contributed by atoms with Crippen molar-refractivity contribution < 1.29 is 13.6 Å². The summed E-state index contributed by atoms with van der Waals surface area (Å²) < 4.78 is 25.8. The summed E-state index contributed by atoms with van der Waals surface area (Å²) in [5.41, 5.74) is 1.61. The van der Waals surface area contributed by atoms with Gasteiger partial charge >= 0.3 is 0 Å². The first-order chi connectivity index (χ1) is 12.6. The number of nitrogens with one attached hydrogen (secondary N) is 1. The Morgan fingerprint density at radius 3 is 2.73 bits per heavy atom. The summed E-state index contributed by atoms with van der Waals surface area (Å²) in [6, 6.07) is 8.96. The lowest BCUT2D eigenvalue weighted by molar-refractivity contribution is 0.0980. The molecular weight excluding hydrogens is 338 g/mol. The molecule has 2 aromatic rings. The lowest BCUT2D eigenvalue weighted by atomic mass is 9.82. The summed E-state index contributed by atoms with van der Waals surface area (Å²) in [5.74, 6) is 0.434. The zero-order valence-corrected chi connectivity index (χ0v) is 14.2. The maximum absolute atomic E-state index is 13.0. The maximum atomic E-state index is 13.0. The molecule has 1 saturated heterocycles. The fraction of sp³-hybridized carbons (Fsp3) is 0.421. The van der Waals surface area contributed by atoms with Crippen molar-refractivity contribution in [3.05, 3.63) is 53.6 Å². The van der Waals surface area contributed by atoms with Gasteiger partial charge in [0, 0.05) is 18.2 Å².